The molecule has 0 bridgehead atoms. The number of hydroxylamine groups is 2. The Morgan fingerprint density at radius 3 is 2.69 bits per heavy atom. The zero-order chi connectivity index (χ0) is 12.0. The van der Waals surface area contributed by atoms with E-state index >= 15 is 0 Å². The third kappa shape index (κ3) is 1.75. The second kappa shape index (κ2) is 4.07. The highest BCUT2D eigenvalue weighted by Gasteiger charge is 2.56. The van der Waals surface area contributed by atoms with Crippen molar-refractivity contribution in [3.8, 4) is 0 Å². The molecule has 5 nitrogen and oxygen atoms in total. The minimum atomic E-state index is -3.25. The van der Waals surface area contributed by atoms with Gasteiger partial charge in [-0.2, -0.15) is 5.06 Å². The van der Waals surface area contributed by atoms with Crippen LogP contribution in [0.4, 0.5) is 0 Å². The lowest BCUT2D eigenvalue weighted by Crippen LogP contribution is -2.43. The third-order valence-corrected chi connectivity index (χ3v) is 6.51. The number of hydrogen-bond acceptors (Lipinski definition) is 5. The highest BCUT2D eigenvalue weighted by Crippen LogP contribution is 2.66. The SMILES string of the molecule is CC1COP(=O)(C2(C)CCCN2O)OC1C. The first kappa shape index (κ1) is 12.5. The molecule has 0 spiro atoms. The maximum Gasteiger partial charge on any atom is 0.353 e. The maximum atomic E-state index is 12.7. The summed E-state index contributed by atoms with van der Waals surface area (Å²) < 4.78 is 23.7. The largest absolute Gasteiger partial charge is 0.353 e. The predicted octanol–water partition coefficient (Wildman–Crippen LogP) is 2.45. The Kier molecular flexibility index (Phi) is 3.19. The summed E-state index contributed by atoms with van der Waals surface area (Å²) in [7, 11) is -3.25. The van der Waals surface area contributed by atoms with Crippen molar-refractivity contribution in [2.24, 2.45) is 5.92 Å². The van der Waals surface area contributed by atoms with Crippen molar-refractivity contribution in [1.82, 2.24) is 5.06 Å². The molecule has 2 aliphatic heterocycles. The van der Waals surface area contributed by atoms with Gasteiger partial charge in [-0.15, -0.1) is 0 Å². The van der Waals surface area contributed by atoms with E-state index < -0.39 is 12.9 Å². The van der Waals surface area contributed by atoms with E-state index in [1.54, 1.807) is 6.92 Å². The molecule has 1 N–H and O–H groups in total. The molecule has 4 atom stereocenters. The van der Waals surface area contributed by atoms with Gasteiger partial charge in [0, 0.05) is 12.5 Å². The standard InChI is InChI=1S/C10H20NO4P/c1-8-7-14-16(13,15-9(8)2)10(3)5-4-6-11(10)12/h8-9,12H,4-7H2,1-3H3. The second-order valence-electron chi connectivity index (χ2n) is 5.02. The molecule has 2 saturated heterocycles. The topological polar surface area (TPSA) is 59.0 Å². The van der Waals surface area contributed by atoms with Crippen LogP contribution in [0.15, 0.2) is 0 Å². The van der Waals surface area contributed by atoms with Crippen molar-refractivity contribution in [3.05, 3.63) is 0 Å². The lowest BCUT2D eigenvalue weighted by Gasteiger charge is -2.42. The van der Waals surface area contributed by atoms with Gasteiger partial charge < -0.3 is 14.3 Å². The fraction of sp³-hybridized carbons (Fsp3) is 1.00. The highest BCUT2D eigenvalue weighted by molar-refractivity contribution is 7.55. The maximum absolute atomic E-state index is 12.7. The Balaban J connectivity index is 2.22. The molecule has 16 heavy (non-hydrogen) atoms. The fourth-order valence-electron chi connectivity index (χ4n) is 2.17. The van der Waals surface area contributed by atoms with E-state index in [0.717, 1.165) is 11.5 Å². The van der Waals surface area contributed by atoms with Crippen LogP contribution in [0.25, 0.3) is 0 Å². The van der Waals surface area contributed by atoms with Crippen LogP contribution in [0.3, 0.4) is 0 Å². The fourth-order valence-corrected chi connectivity index (χ4v) is 4.63. The molecule has 2 aliphatic rings. The van der Waals surface area contributed by atoms with Crippen LogP contribution in [0.2, 0.25) is 0 Å². The van der Waals surface area contributed by atoms with Crippen molar-refractivity contribution in [2.45, 2.75) is 45.0 Å². The van der Waals surface area contributed by atoms with E-state index in [1.165, 1.54) is 0 Å². The first-order valence-electron chi connectivity index (χ1n) is 5.79. The van der Waals surface area contributed by atoms with Gasteiger partial charge in [-0.3, -0.25) is 4.57 Å². The summed E-state index contributed by atoms with van der Waals surface area (Å²) in [4.78, 5) is 0. The van der Waals surface area contributed by atoms with Gasteiger partial charge in [0.1, 0.15) is 5.28 Å². The molecule has 2 heterocycles. The van der Waals surface area contributed by atoms with Crippen molar-refractivity contribution in [2.75, 3.05) is 13.2 Å². The molecule has 0 aromatic rings. The van der Waals surface area contributed by atoms with Crippen molar-refractivity contribution >= 4 is 7.60 Å². The quantitative estimate of drug-likeness (QED) is 0.723. The highest BCUT2D eigenvalue weighted by atomic mass is 31.2. The van der Waals surface area contributed by atoms with Crippen LogP contribution in [-0.2, 0) is 13.6 Å². The lowest BCUT2D eigenvalue weighted by molar-refractivity contribution is -0.126. The summed E-state index contributed by atoms with van der Waals surface area (Å²) in [6.07, 6.45) is 1.36. The summed E-state index contributed by atoms with van der Waals surface area (Å²) in [5.41, 5.74) is 0. The number of hydrogen-bond donors (Lipinski definition) is 1. The van der Waals surface area contributed by atoms with E-state index in [2.05, 4.69) is 0 Å². The van der Waals surface area contributed by atoms with E-state index in [1.807, 2.05) is 13.8 Å². The Bertz CT molecular complexity index is 324. The molecule has 0 amide bonds. The van der Waals surface area contributed by atoms with E-state index in [4.69, 9.17) is 9.05 Å². The lowest BCUT2D eigenvalue weighted by atomic mass is 10.1. The molecule has 2 fully saturated rings. The summed E-state index contributed by atoms with van der Waals surface area (Å²) in [6, 6.07) is 0. The van der Waals surface area contributed by atoms with Gasteiger partial charge in [-0.1, -0.05) is 6.92 Å². The van der Waals surface area contributed by atoms with Crippen LogP contribution in [0, 0.1) is 5.92 Å². The zero-order valence-electron chi connectivity index (χ0n) is 10.0. The molecule has 4 unspecified atom stereocenters. The zero-order valence-corrected chi connectivity index (χ0v) is 10.9. The minimum absolute atomic E-state index is 0.0922. The normalized spacial score (nSPS) is 50.8. The van der Waals surface area contributed by atoms with E-state index in [0.29, 0.717) is 19.6 Å². The predicted molar refractivity (Wildman–Crippen MR) is 59.4 cm³/mol. The van der Waals surface area contributed by atoms with Crippen molar-refractivity contribution in [3.63, 3.8) is 0 Å². The molecule has 94 valence electrons. The summed E-state index contributed by atoms with van der Waals surface area (Å²) >= 11 is 0. The van der Waals surface area contributed by atoms with Gasteiger partial charge >= 0.3 is 7.60 Å². The van der Waals surface area contributed by atoms with Crippen molar-refractivity contribution < 1.29 is 18.8 Å². The van der Waals surface area contributed by atoms with Gasteiger partial charge in [0.25, 0.3) is 0 Å². The Morgan fingerprint density at radius 2 is 2.19 bits per heavy atom. The number of nitrogens with zero attached hydrogens (tertiary/aromatic N) is 1. The van der Waals surface area contributed by atoms with Crippen LogP contribution < -0.4 is 0 Å². The second-order valence-corrected chi connectivity index (χ2v) is 7.45. The van der Waals surface area contributed by atoms with Crippen LogP contribution in [0.5, 0.6) is 0 Å². The van der Waals surface area contributed by atoms with Gasteiger partial charge in [-0.05, 0) is 26.7 Å². The Labute approximate surface area is 96.2 Å². The average molecular weight is 249 g/mol. The van der Waals surface area contributed by atoms with Crippen LogP contribution >= 0.6 is 7.60 Å². The van der Waals surface area contributed by atoms with Gasteiger partial charge in [0.2, 0.25) is 0 Å². The van der Waals surface area contributed by atoms with E-state index in [-0.39, 0.29) is 12.0 Å². The summed E-state index contributed by atoms with van der Waals surface area (Å²) in [6.45, 7) is 6.62. The van der Waals surface area contributed by atoms with Gasteiger partial charge in [0.15, 0.2) is 0 Å². The monoisotopic (exact) mass is 249 g/mol. The Morgan fingerprint density at radius 1 is 1.50 bits per heavy atom. The average Bonchev–Trinajstić information content (AvgIpc) is 2.56. The number of rotatable bonds is 1. The van der Waals surface area contributed by atoms with Crippen LogP contribution in [0.1, 0.15) is 33.6 Å². The molecule has 0 aromatic carbocycles. The molecule has 0 radical (unpaired) electrons. The first-order valence-corrected chi connectivity index (χ1v) is 7.33. The molecular formula is C10H20NO4P. The van der Waals surface area contributed by atoms with E-state index in [9.17, 15) is 9.77 Å². The summed E-state index contributed by atoms with van der Waals surface area (Å²) in [5.74, 6) is 0.235. The van der Waals surface area contributed by atoms with Gasteiger partial charge in [0.05, 0.1) is 12.7 Å². The van der Waals surface area contributed by atoms with Gasteiger partial charge in [-0.25, -0.2) is 0 Å². The molecule has 0 aromatic heterocycles. The molecule has 2 rings (SSSR count). The van der Waals surface area contributed by atoms with Crippen LogP contribution in [-0.4, -0.2) is 34.8 Å². The molecule has 0 aliphatic carbocycles. The molecule has 0 saturated carbocycles. The Hall–Kier alpha value is 0.0700. The minimum Gasteiger partial charge on any atom is -0.313 e. The summed E-state index contributed by atoms with van der Waals surface area (Å²) in [5, 5.41) is 10.1. The molecular weight excluding hydrogens is 229 g/mol. The smallest absolute Gasteiger partial charge is 0.313 e. The first-order chi connectivity index (χ1) is 7.39. The third-order valence-electron chi connectivity index (χ3n) is 3.78. The molecule has 6 heteroatoms. The van der Waals surface area contributed by atoms with Crippen molar-refractivity contribution in [1.29, 1.82) is 0 Å².